The number of nitrogens with zero attached hydrogens (tertiary/aromatic N) is 5. The lowest BCUT2D eigenvalue weighted by molar-refractivity contribution is -0.146. The summed E-state index contributed by atoms with van der Waals surface area (Å²) < 4.78 is 80.1. The van der Waals surface area contributed by atoms with Gasteiger partial charge in [0, 0.05) is 18.0 Å². The van der Waals surface area contributed by atoms with Crippen LogP contribution in [0, 0.1) is 11.7 Å². The zero-order chi connectivity index (χ0) is 28.5. The number of hydrogen-bond acceptors (Lipinski definition) is 7. The van der Waals surface area contributed by atoms with Crippen molar-refractivity contribution in [1.29, 1.82) is 0 Å². The van der Waals surface area contributed by atoms with Crippen molar-refractivity contribution >= 4 is 5.57 Å². The van der Waals surface area contributed by atoms with Gasteiger partial charge in [0.1, 0.15) is 12.5 Å². The van der Waals surface area contributed by atoms with E-state index in [4.69, 9.17) is 9.47 Å². The third-order valence-corrected chi connectivity index (χ3v) is 7.22. The molecule has 2 aliphatic rings. The summed E-state index contributed by atoms with van der Waals surface area (Å²) in [7, 11) is 0. The highest BCUT2D eigenvalue weighted by Gasteiger charge is 2.51. The van der Waals surface area contributed by atoms with Gasteiger partial charge in [-0.25, -0.2) is 13.8 Å². The van der Waals surface area contributed by atoms with Gasteiger partial charge < -0.3 is 14.8 Å². The third kappa shape index (κ3) is 5.57. The molecule has 1 aromatic carbocycles. The minimum absolute atomic E-state index is 0.0140. The number of aromatic nitrogens is 5. The van der Waals surface area contributed by atoms with E-state index in [0.717, 1.165) is 12.0 Å². The minimum atomic E-state index is -4.77. The Bertz CT molecular complexity index is 1360. The molecule has 214 valence electrons. The smallest absolute Gasteiger partial charge is 0.453 e. The van der Waals surface area contributed by atoms with Gasteiger partial charge in [-0.05, 0) is 85.0 Å². The first-order chi connectivity index (χ1) is 19.1. The summed E-state index contributed by atoms with van der Waals surface area (Å²) in [6, 6.07) is 7.78. The molecule has 1 spiro atoms. The van der Waals surface area contributed by atoms with Gasteiger partial charge in [0.2, 0.25) is 5.88 Å². The first-order valence-corrected chi connectivity index (χ1v) is 13.0. The van der Waals surface area contributed by atoms with Gasteiger partial charge in [0.05, 0.1) is 30.2 Å². The lowest BCUT2D eigenvalue weighted by Gasteiger charge is -2.33. The molecular weight excluding hydrogens is 535 g/mol. The average molecular weight is 565 g/mol. The Morgan fingerprint density at radius 1 is 1.23 bits per heavy atom. The zero-order valence-electron chi connectivity index (χ0n) is 22.0. The predicted octanol–water partition coefficient (Wildman–Crippen LogP) is 4.91. The molecule has 2 aromatic heterocycles. The first kappa shape index (κ1) is 28.1. The van der Waals surface area contributed by atoms with E-state index >= 15 is 0 Å². The SMILES string of the molecule is CC(C)Oc1ncc(-n2nnnc2C(F)(F)F)cc1C1=C[C@@]2(CC[C@H](CNCCF)[C@H]2c2ccc(F)cc2)OC1. The number of pyridine rings is 1. The minimum Gasteiger partial charge on any atom is -0.475 e. The number of ether oxygens (including phenoxy) is 2. The molecule has 3 aromatic rings. The highest BCUT2D eigenvalue weighted by atomic mass is 19.4. The molecule has 0 bridgehead atoms. The number of rotatable bonds is 9. The van der Waals surface area contributed by atoms with E-state index in [1.165, 1.54) is 24.4 Å². The molecule has 1 saturated carbocycles. The number of nitrogens with one attached hydrogen (secondary N) is 1. The van der Waals surface area contributed by atoms with Gasteiger partial charge in [0.15, 0.2) is 0 Å². The van der Waals surface area contributed by atoms with E-state index < -0.39 is 24.3 Å². The summed E-state index contributed by atoms with van der Waals surface area (Å²) >= 11 is 0. The Morgan fingerprint density at radius 3 is 2.70 bits per heavy atom. The van der Waals surface area contributed by atoms with Crippen molar-refractivity contribution < 1.29 is 31.4 Å². The van der Waals surface area contributed by atoms with Crippen LogP contribution in [0.15, 0.2) is 42.6 Å². The molecule has 3 atom stereocenters. The number of benzene rings is 1. The maximum atomic E-state index is 13.8. The molecule has 1 aliphatic heterocycles. The summed E-state index contributed by atoms with van der Waals surface area (Å²) in [6.07, 6.45) is -0.389. The van der Waals surface area contributed by atoms with Crippen LogP contribution >= 0.6 is 0 Å². The van der Waals surface area contributed by atoms with Gasteiger partial charge in [0.25, 0.3) is 5.82 Å². The van der Waals surface area contributed by atoms with Crippen molar-refractivity contribution in [1.82, 2.24) is 30.5 Å². The van der Waals surface area contributed by atoms with Gasteiger partial charge >= 0.3 is 6.18 Å². The topological polar surface area (TPSA) is 87.0 Å². The van der Waals surface area contributed by atoms with Crippen molar-refractivity contribution in [2.45, 2.75) is 50.5 Å². The van der Waals surface area contributed by atoms with Crippen molar-refractivity contribution in [3.63, 3.8) is 0 Å². The largest absolute Gasteiger partial charge is 0.475 e. The van der Waals surface area contributed by atoms with E-state index in [0.29, 0.717) is 28.8 Å². The first-order valence-electron chi connectivity index (χ1n) is 13.0. The standard InChI is InChI=1S/C27H29F5N6O2/c1-16(2)40-24-22(11-21(14-34-24)38-25(27(30,31)32)35-36-37-38)19-12-26(39-15-19)8-7-18(13-33-10-9-28)23(26)17-3-5-20(29)6-4-17/h3-6,11-12,14,16,18,23,33H,7-10,13,15H2,1-2H3/t18-,23-,26-/m1/s1. The van der Waals surface area contributed by atoms with E-state index in [1.807, 2.05) is 19.9 Å². The van der Waals surface area contributed by atoms with Gasteiger partial charge in [-0.2, -0.15) is 17.9 Å². The third-order valence-electron chi connectivity index (χ3n) is 7.22. The van der Waals surface area contributed by atoms with E-state index in [9.17, 15) is 22.0 Å². The van der Waals surface area contributed by atoms with Gasteiger partial charge in [-0.15, -0.1) is 5.10 Å². The fraction of sp³-hybridized carbons (Fsp3) is 0.481. The van der Waals surface area contributed by atoms with Crippen molar-refractivity contribution in [3.05, 3.63) is 65.4 Å². The van der Waals surface area contributed by atoms with Crippen molar-refractivity contribution in [2.75, 3.05) is 26.4 Å². The Hall–Kier alpha value is -3.45. The Balaban J connectivity index is 1.56. The summed E-state index contributed by atoms with van der Waals surface area (Å²) in [5.41, 5.74) is 1.30. The van der Waals surface area contributed by atoms with Crippen molar-refractivity contribution in [2.24, 2.45) is 5.92 Å². The van der Waals surface area contributed by atoms with Crippen molar-refractivity contribution in [3.8, 4) is 11.6 Å². The van der Waals surface area contributed by atoms with Crippen LogP contribution in [0.5, 0.6) is 5.88 Å². The summed E-state index contributed by atoms with van der Waals surface area (Å²) in [4.78, 5) is 4.32. The zero-order valence-corrected chi connectivity index (χ0v) is 22.0. The van der Waals surface area contributed by atoms with E-state index in [2.05, 4.69) is 25.8 Å². The van der Waals surface area contributed by atoms with Crippen LogP contribution in [-0.2, 0) is 10.9 Å². The fourth-order valence-electron chi connectivity index (χ4n) is 5.64. The molecule has 0 amide bonds. The molecule has 0 saturated heterocycles. The van der Waals surface area contributed by atoms with Crippen LogP contribution in [0.3, 0.4) is 0 Å². The molecule has 13 heteroatoms. The second kappa shape index (κ2) is 11.2. The average Bonchev–Trinajstić information content (AvgIpc) is 3.64. The number of tetrazole rings is 1. The molecule has 1 fully saturated rings. The molecule has 0 unspecified atom stereocenters. The lowest BCUT2D eigenvalue weighted by Crippen LogP contribution is -2.35. The van der Waals surface area contributed by atoms with Crippen LogP contribution in [0.2, 0.25) is 0 Å². The Morgan fingerprint density at radius 2 is 2.00 bits per heavy atom. The maximum Gasteiger partial charge on any atom is 0.453 e. The Kier molecular flexibility index (Phi) is 7.87. The predicted molar refractivity (Wildman–Crippen MR) is 135 cm³/mol. The van der Waals surface area contributed by atoms with Gasteiger partial charge in [-0.3, -0.25) is 0 Å². The molecule has 1 N–H and O–H groups in total. The maximum absolute atomic E-state index is 13.8. The summed E-state index contributed by atoms with van der Waals surface area (Å²) in [5.74, 6) is -1.48. The molecule has 0 radical (unpaired) electrons. The second-order valence-corrected chi connectivity index (χ2v) is 10.3. The molecule has 8 nitrogen and oxygen atoms in total. The second-order valence-electron chi connectivity index (χ2n) is 10.3. The number of halogens is 5. The highest BCUT2D eigenvalue weighted by Crippen LogP contribution is 2.53. The van der Waals surface area contributed by atoms with Crippen LogP contribution in [0.4, 0.5) is 22.0 Å². The van der Waals surface area contributed by atoms with Crippen LogP contribution in [0.1, 0.15) is 49.6 Å². The highest BCUT2D eigenvalue weighted by molar-refractivity contribution is 5.74. The molecule has 5 rings (SSSR count). The molecular formula is C27H29F5N6O2. The number of hydrogen-bond donors (Lipinski definition) is 1. The van der Waals surface area contributed by atoms with Crippen LogP contribution < -0.4 is 10.1 Å². The van der Waals surface area contributed by atoms with Gasteiger partial charge in [-0.1, -0.05) is 12.1 Å². The van der Waals surface area contributed by atoms with Crippen LogP contribution in [0.25, 0.3) is 11.3 Å². The Labute approximate surface area is 227 Å². The number of alkyl halides is 4. The molecule has 3 heterocycles. The summed E-state index contributed by atoms with van der Waals surface area (Å²) in [6.45, 7) is 4.09. The molecule has 1 aliphatic carbocycles. The fourth-order valence-corrected chi connectivity index (χ4v) is 5.64. The normalized spacial score (nSPS) is 22.9. The van der Waals surface area contributed by atoms with Crippen LogP contribution in [-0.4, -0.2) is 63.3 Å². The summed E-state index contributed by atoms with van der Waals surface area (Å²) in [5, 5.41) is 13.0. The molecule has 40 heavy (non-hydrogen) atoms. The van der Waals surface area contributed by atoms with E-state index in [-0.39, 0.29) is 48.5 Å². The lowest BCUT2D eigenvalue weighted by atomic mass is 9.79. The van der Waals surface area contributed by atoms with E-state index in [1.54, 1.807) is 12.1 Å². The quantitative estimate of drug-likeness (QED) is 0.292. The monoisotopic (exact) mass is 564 g/mol.